The number of benzene rings is 1. The van der Waals surface area contributed by atoms with Gasteiger partial charge in [-0.05, 0) is 18.6 Å². The number of rotatable bonds is 6. The van der Waals surface area contributed by atoms with Gasteiger partial charge in [0.15, 0.2) is 5.16 Å². The van der Waals surface area contributed by atoms with Gasteiger partial charge < -0.3 is 19.9 Å². The number of hydrogen-bond acceptors (Lipinski definition) is 5. The first-order valence-electron chi connectivity index (χ1n) is 8.33. The average Bonchev–Trinajstić information content (AvgIpc) is 3.05. The van der Waals surface area contributed by atoms with Gasteiger partial charge in [0.2, 0.25) is 0 Å². The normalized spacial score (nSPS) is 16.7. The number of thioether (sulfide) groups is 1. The molecule has 0 unspecified atom stereocenters. The molecule has 2 N–H and O–H groups in total. The van der Waals surface area contributed by atoms with Crippen LogP contribution in [0.5, 0.6) is 0 Å². The molecule has 0 aliphatic carbocycles. The molecule has 2 heterocycles. The number of nitrogens with zero attached hydrogens (tertiary/aromatic N) is 2. The summed E-state index contributed by atoms with van der Waals surface area (Å²) in [5.41, 5.74) is 1.46. The molecule has 142 valence electrons. The van der Waals surface area contributed by atoms with E-state index in [4.69, 9.17) is 16.3 Å². The van der Waals surface area contributed by atoms with Crippen molar-refractivity contribution in [2.75, 3.05) is 12.4 Å². The number of ether oxygens (including phenoxy) is 1. The number of aromatic nitrogens is 2. The van der Waals surface area contributed by atoms with Crippen LogP contribution in [0.1, 0.15) is 18.5 Å². The number of halogens is 1. The molecular formula is C18H19ClN4O3S. The molecule has 0 spiro atoms. The lowest BCUT2D eigenvalue weighted by Crippen LogP contribution is -2.46. The van der Waals surface area contributed by atoms with Crippen molar-refractivity contribution >= 4 is 35.4 Å². The fraction of sp³-hybridized carbons (Fsp3) is 0.278. The lowest BCUT2D eigenvalue weighted by molar-refractivity contribution is -0.139. The van der Waals surface area contributed by atoms with Crippen molar-refractivity contribution in [1.29, 1.82) is 0 Å². The standard InChI is InChI=1S/C18H19ClN4O3S/c1-3-26-16(24)14-13(10-27-18-20-8-9-23(18)2)21-17(25)22-15(14)11-6-4-5-7-12(11)19/h4-9,15H,3,10H2,1-2H3,(H2,21,22,25)/t15-/m0/s1. The van der Waals surface area contributed by atoms with E-state index >= 15 is 0 Å². The minimum absolute atomic E-state index is 0.227. The van der Waals surface area contributed by atoms with Crippen LogP contribution in [0.3, 0.4) is 0 Å². The van der Waals surface area contributed by atoms with E-state index in [9.17, 15) is 9.59 Å². The van der Waals surface area contributed by atoms with Crippen LogP contribution >= 0.6 is 23.4 Å². The van der Waals surface area contributed by atoms with Gasteiger partial charge in [0.1, 0.15) is 0 Å². The second kappa shape index (κ2) is 8.49. The highest BCUT2D eigenvalue weighted by atomic mass is 35.5. The molecular weight excluding hydrogens is 388 g/mol. The van der Waals surface area contributed by atoms with Gasteiger partial charge in [-0.15, -0.1) is 0 Å². The first kappa shape index (κ1) is 19.3. The zero-order valence-electron chi connectivity index (χ0n) is 14.9. The average molecular weight is 407 g/mol. The number of carbonyl (C=O) groups excluding carboxylic acids is 2. The molecule has 0 fully saturated rings. The van der Waals surface area contributed by atoms with Crippen molar-refractivity contribution in [3.8, 4) is 0 Å². The van der Waals surface area contributed by atoms with Gasteiger partial charge in [-0.1, -0.05) is 41.6 Å². The summed E-state index contributed by atoms with van der Waals surface area (Å²) in [6.07, 6.45) is 3.52. The van der Waals surface area contributed by atoms with Crippen molar-refractivity contribution in [1.82, 2.24) is 20.2 Å². The summed E-state index contributed by atoms with van der Waals surface area (Å²) < 4.78 is 7.10. The molecule has 0 bridgehead atoms. The third kappa shape index (κ3) is 4.28. The highest BCUT2D eigenvalue weighted by molar-refractivity contribution is 7.99. The number of hydrogen-bond donors (Lipinski definition) is 2. The second-order valence-electron chi connectivity index (χ2n) is 5.78. The number of nitrogens with one attached hydrogen (secondary N) is 2. The second-order valence-corrected chi connectivity index (χ2v) is 7.12. The van der Waals surface area contributed by atoms with Crippen molar-refractivity contribution in [2.45, 2.75) is 18.1 Å². The van der Waals surface area contributed by atoms with E-state index in [0.717, 1.165) is 5.16 Å². The highest BCUT2D eigenvalue weighted by Crippen LogP contribution is 2.33. The van der Waals surface area contributed by atoms with Gasteiger partial charge in [0.05, 0.1) is 18.2 Å². The molecule has 27 heavy (non-hydrogen) atoms. The van der Waals surface area contributed by atoms with Crippen LogP contribution in [0.4, 0.5) is 4.79 Å². The van der Waals surface area contributed by atoms with E-state index in [0.29, 0.717) is 27.6 Å². The molecule has 1 atom stereocenters. The van der Waals surface area contributed by atoms with Gasteiger partial charge in [-0.3, -0.25) is 0 Å². The van der Waals surface area contributed by atoms with Crippen molar-refractivity contribution < 1.29 is 14.3 Å². The number of urea groups is 1. The summed E-state index contributed by atoms with van der Waals surface area (Å²) in [5, 5.41) is 6.74. The predicted molar refractivity (Wildman–Crippen MR) is 103 cm³/mol. The Morgan fingerprint density at radius 1 is 1.41 bits per heavy atom. The van der Waals surface area contributed by atoms with E-state index in [1.165, 1.54) is 11.8 Å². The summed E-state index contributed by atoms with van der Waals surface area (Å²) >= 11 is 7.73. The third-order valence-corrected chi connectivity index (χ3v) is 5.42. The number of amides is 2. The monoisotopic (exact) mass is 406 g/mol. The van der Waals surface area contributed by atoms with E-state index < -0.39 is 18.0 Å². The quantitative estimate of drug-likeness (QED) is 0.569. The molecule has 0 saturated carbocycles. The molecule has 1 aromatic carbocycles. The topological polar surface area (TPSA) is 85.2 Å². The van der Waals surface area contributed by atoms with Crippen LogP contribution in [0.15, 0.2) is 53.1 Å². The minimum Gasteiger partial charge on any atom is -0.463 e. The highest BCUT2D eigenvalue weighted by Gasteiger charge is 2.34. The zero-order chi connectivity index (χ0) is 19.4. The first-order valence-corrected chi connectivity index (χ1v) is 9.69. The SMILES string of the molecule is CCOC(=O)C1=C(CSc2nccn2C)NC(=O)N[C@H]1c1ccccc1Cl. The fourth-order valence-corrected chi connectivity index (χ4v) is 3.90. The van der Waals surface area contributed by atoms with Crippen LogP contribution in [-0.2, 0) is 16.6 Å². The number of imidazole rings is 1. The van der Waals surface area contributed by atoms with Crippen LogP contribution in [0.2, 0.25) is 5.02 Å². The maximum absolute atomic E-state index is 12.7. The Morgan fingerprint density at radius 3 is 2.85 bits per heavy atom. The van der Waals surface area contributed by atoms with Gasteiger partial charge in [0, 0.05) is 35.9 Å². The molecule has 2 aromatic rings. The summed E-state index contributed by atoms with van der Waals surface area (Å²) in [5.74, 6) is -0.140. The summed E-state index contributed by atoms with van der Waals surface area (Å²) in [6, 6.07) is 6.00. The van der Waals surface area contributed by atoms with Crippen LogP contribution in [0.25, 0.3) is 0 Å². The molecule has 1 aliphatic heterocycles. The maximum atomic E-state index is 12.7. The molecule has 1 aromatic heterocycles. The minimum atomic E-state index is -0.691. The van der Waals surface area contributed by atoms with E-state index in [1.54, 1.807) is 37.4 Å². The van der Waals surface area contributed by atoms with Gasteiger partial charge in [-0.25, -0.2) is 14.6 Å². The molecule has 3 rings (SSSR count). The van der Waals surface area contributed by atoms with Gasteiger partial charge in [-0.2, -0.15) is 0 Å². The van der Waals surface area contributed by atoms with E-state index in [2.05, 4.69) is 15.6 Å². The summed E-state index contributed by atoms with van der Waals surface area (Å²) in [4.78, 5) is 29.2. The van der Waals surface area contributed by atoms with Gasteiger partial charge >= 0.3 is 12.0 Å². The number of carbonyl (C=O) groups is 2. The predicted octanol–water partition coefficient (Wildman–Crippen LogP) is 3.04. The Labute approximate surface area is 166 Å². The van der Waals surface area contributed by atoms with Crippen LogP contribution < -0.4 is 10.6 Å². The molecule has 0 saturated heterocycles. The van der Waals surface area contributed by atoms with Crippen LogP contribution in [-0.4, -0.2) is 33.9 Å². The number of aryl methyl sites for hydroxylation is 1. The van der Waals surface area contributed by atoms with Crippen molar-refractivity contribution in [2.24, 2.45) is 7.05 Å². The third-order valence-electron chi connectivity index (χ3n) is 3.99. The Morgan fingerprint density at radius 2 is 2.19 bits per heavy atom. The summed E-state index contributed by atoms with van der Waals surface area (Å²) in [7, 11) is 1.88. The largest absolute Gasteiger partial charge is 0.463 e. The molecule has 9 heteroatoms. The number of esters is 1. The lowest BCUT2D eigenvalue weighted by Gasteiger charge is -2.29. The maximum Gasteiger partial charge on any atom is 0.338 e. The van der Waals surface area contributed by atoms with Crippen molar-refractivity contribution in [3.05, 3.63) is 58.5 Å². The summed E-state index contributed by atoms with van der Waals surface area (Å²) in [6.45, 7) is 1.96. The molecule has 7 nitrogen and oxygen atoms in total. The van der Waals surface area contributed by atoms with Crippen LogP contribution in [0, 0.1) is 0 Å². The molecule has 1 aliphatic rings. The Bertz CT molecular complexity index is 896. The van der Waals surface area contributed by atoms with Gasteiger partial charge in [0.25, 0.3) is 0 Å². The molecule has 0 radical (unpaired) electrons. The first-order chi connectivity index (χ1) is 13.0. The Balaban J connectivity index is 2.00. The van der Waals surface area contributed by atoms with E-state index in [-0.39, 0.29) is 6.61 Å². The molecule has 2 amide bonds. The Kier molecular flexibility index (Phi) is 6.08. The smallest absolute Gasteiger partial charge is 0.338 e. The zero-order valence-corrected chi connectivity index (χ0v) is 16.4. The van der Waals surface area contributed by atoms with Crippen molar-refractivity contribution in [3.63, 3.8) is 0 Å². The lowest BCUT2D eigenvalue weighted by atomic mass is 9.95. The Hall–Kier alpha value is -2.45. The fourth-order valence-electron chi connectivity index (χ4n) is 2.75. The van der Waals surface area contributed by atoms with E-state index in [1.807, 2.05) is 17.8 Å².